The Morgan fingerprint density at radius 1 is 0.698 bits per heavy atom. The lowest BCUT2D eigenvalue weighted by Crippen LogP contribution is -2.62. The number of benzene rings is 5. The molecule has 0 aliphatic carbocycles. The summed E-state index contributed by atoms with van der Waals surface area (Å²) in [5.41, 5.74) is 5.12. The van der Waals surface area contributed by atoms with Crippen LogP contribution in [0, 0.1) is 11.3 Å². The van der Waals surface area contributed by atoms with E-state index in [1.165, 1.54) is 9.79 Å². The summed E-state index contributed by atoms with van der Waals surface area (Å²) in [5.74, 6) is -1.30. The molecule has 0 amide bonds. The number of nitriles is 1. The van der Waals surface area contributed by atoms with Crippen LogP contribution in [0.1, 0.15) is 49.9 Å². The third-order valence-corrected chi connectivity index (χ3v) is 12.6. The molecule has 0 radical (unpaired) electrons. The first-order chi connectivity index (χ1) is 25.8. The lowest BCUT2D eigenvalue weighted by molar-refractivity contribution is -0.235. The lowest BCUT2D eigenvalue weighted by Gasteiger charge is -2.53. The predicted molar refractivity (Wildman–Crippen MR) is 220 cm³/mol. The Kier molecular flexibility index (Phi) is 12.7. The van der Waals surface area contributed by atoms with Gasteiger partial charge in [0.05, 0.1) is 35.1 Å². The van der Waals surface area contributed by atoms with Crippen LogP contribution in [0.2, 0.25) is 0 Å². The summed E-state index contributed by atoms with van der Waals surface area (Å²) in [6.45, 7) is 8.78. The highest BCUT2D eigenvalue weighted by atomic mass is 32.2. The molecule has 0 bridgehead atoms. The first-order valence-corrected chi connectivity index (χ1v) is 20.1. The molecule has 1 aliphatic heterocycles. The molecular formula is C45H50N3O3PS. The molecule has 1 aliphatic rings. The number of ether oxygens (including phenoxy) is 2. The van der Waals surface area contributed by atoms with Crippen LogP contribution in [0.25, 0.3) is 0 Å². The van der Waals surface area contributed by atoms with E-state index in [9.17, 15) is 5.26 Å². The first kappa shape index (κ1) is 38.7. The zero-order valence-corrected chi connectivity index (χ0v) is 33.3. The van der Waals surface area contributed by atoms with Gasteiger partial charge in [-0.1, -0.05) is 127 Å². The molecule has 6 nitrogen and oxygen atoms in total. The summed E-state index contributed by atoms with van der Waals surface area (Å²) in [6.07, 6.45) is 0.572. The summed E-state index contributed by atoms with van der Waals surface area (Å²) >= 11 is 1.78. The first-order valence-electron chi connectivity index (χ1n) is 18.3. The fraction of sp³-hybridized carbons (Fsp3) is 0.311. The van der Waals surface area contributed by atoms with Crippen molar-refractivity contribution in [3.8, 4) is 6.07 Å². The Hall–Kier alpha value is -3.99. The minimum absolute atomic E-state index is 0.0881. The number of hydrogen-bond donors (Lipinski definition) is 1. The van der Waals surface area contributed by atoms with Gasteiger partial charge in [0, 0.05) is 44.9 Å². The second-order valence-electron chi connectivity index (χ2n) is 13.9. The average molecular weight is 744 g/mol. The SMILES string of the molecule is COC(OC)(C(Cc1cccc2c1Nc1ccccc1S2)POCC(C#N)N(C(C)C)C(C)C)C(c1ccccc1)(c1ccccc1)c1ccccc1. The van der Waals surface area contributed by atoms with Crippen molar-refractivity contribution in [1.29, 1.82) is 5.26 Å². The standard InChI is InChI=1S/C45H50N3O3PS/c1-32(2)48(33(3)4)38(30-46)31-51-52-42(29-34-19-18-28-41-43(34)47-39-26-16-17-27-40(39)53-41)45(49-5,50-6)44(35-20-10-7-11-21-35,36-22-12-8-13-23-36)37-24-14-9-15-25-37/h7-28,32-33,38,42,47,52H,29,31H2,1-6H3. The summed E-state index contributed by atoms with van der Waals surface area (Å²) in [6, 6.07) is 49.0. The summed E-state index contributed by atoms with van der Waals surface area (Å²) < 4.78 is 20.7. The van der Waals surface area contributed by atoms with Crippen LogP contribution in [0.5, 0.6) is 0 Å². The van der Waals surface area contributed by atoms with Crippen molar-refractivity contribution in [3.63, 3.8) is 0 Å². The van der Waals surface area contributed by atoms with E-state index in [1.807, 2.05) is 18.2 Å². The maximum absolute atomic E-state index is 10.4. The van der Waals surface area contributed by atoms with Gasteiger partial charge in [-0.25, -0.2) is 0 Å². The summed E-state index contributed by atoms with van der Waals surface area (Å²) in [5, 5.41) is 14.2. The third kappa shape index (κ3) is 7.55. The molecule has 8 heteroatoms. The van der Waals surface area contributed by atoms with E-state index >= 15 is 0 Å². The molecule has 0 saturated carbocycles. The van der Waals surface area contributed by atoms with Gasteiger partial charge >= 0.3 is 0 Å². The third-order valence-electron chi connectivity index (χ3n) is 10.3. The van der Waals surface area contributed by atoms with E-state index in [-0.39, 0.29) is 33.2 Å². The number of fused-ring (bicyclic) bond motifs is 2. The Bertz CT molecular complexity index is 1860. The van der Waals surface area contributed by atoms with Crippen molar-refractivity contribution in [2.24, 2.45) is 0 Å². The average Bonchev–Trinajstić information content (AvgIpc) is 3.19. The molecule has 53 heavy (non-hydrogen) atoms. The van der Waals surface area contributed by atoms with Gasteiger partial charge in [-0.15, -0.1) is 0 Å². The van der Waals surface area contributed by atoms with Gasteiger partial charge in [-0.05, 0) is 74.6 Å². The quantitative estimate of drug-likeness (QED) is 0.0601. The van der Waals surface area contributed by atoms with Crippen LogP contribution >= 0.6 is 20.6 Å². The number of para-hydroxylation sites is 2. The monoisotopic (exact) mass is 743 g/mol. The van der Waals surface area contributed by atoms with E-state index in [0.29, 0.717) is 6.42 Å². The molecular weight excluding hydrogens is 694 g/mol. The van der Waals surface area contributed by atoms with Gasteiger partial charge in [-0.3, -0.25) is 4.90 Å². The number of hydrogen-bond acceptors (Lipinski definition) is 7. The fourth-order valence-electron chi connectivity index (χ4n) is 8.20. The smallest absolute Gasteiger partial charge is 0.194 e. The Morgan fingerprint density at radius 2 is 1.21 bits per heavy atom. The summed E-state index contributed by atoms with van der Waals surface area (Å²) in [4.78, 5) is 4.58. The van der Waals surface area contributed by atoms with Gasteiger partial charge in [0.25, 0.3) is 0 Å². The molecule has 5 aromatic carbocycles. The Labute approximate surface area is 321 Å². The van der Waals surface area contributed by atoms with Crippen LogP contribution in [0.3, 0.4) is 0 Å². The Balaban J connectivity index is 1.55. The number of nitrogens with one attached hydrogen (secondary N) is 1. The number of nitrogens with zero attached hydrogens (tertiary/aromatic N) is 2. The zero-order chi connectivity index (χ0) is 37.4. The maximum Gasteiger partial charge on any atom is 0.194 e. The van der Waals surface area contributed by atoms with Crippen LogP contribution < -0.4 is 5.32 Å². The molecule has 3 unspecified atom stereocenters. The van der Waals surface area contributed by atoms with Crippen molar-refractivity contribution in [2.75, 3.05) is 26.1 Å². The van der Waals surface area contributed by atoms with Crippen molar-refractivity contribution in [2.45, 2.75) is 78.9 Å². The van der Waals surface area contributed by atoms with Gasteiger partial charge in [0.2, 0.25) is 0 Å². The largest absolute Gasteiger partial charge is 0.359 e. The normalized spacial score (nSPS) is 14.2. The molecule has 0 spiro atoms. The van der Waals surface area contributed by atoms with Crippen LogP contribution in [-0.4, -0.2) is 55.3 Å². The number of methoxy groups -OCH3 is 2. The molecule has 5 aromatic rings. The number of anilines is 2. The molecule has 0 aromatic heterocycles. The van der Waals surface area contributed by atoms with Gasteiger partial charge in [-0.2, -0.15) is 5.26 Å². The fourth-order valence-corrected chi connectivity index (χ4v) is 10.6. The highest BCUT2D eigenvalue weighted by Crippen LogP contribution is 2.56. The van der Waals surface area contributed by atoms with Crippen molar-refractivity contribution in [3.05, 3.63) is 156 Å². The maximum atomic E-state index is 10.4. The lowest BCUT2D eigenvalue weighted by atomic mass is 9.62. The topological polar surface area (TPSA) is 66.8 Å². The second kappa shape index (κ2) is 17.4. The highest BCUT2D eigenvalue weighted by molar-refractivity contribution is 7.99. The molecule has 274 valence electrons. The minimum Gasteiger partial charge on any atom is -0.359 e. The molecule has 0 saturated heterocycles. The molecule has 6 rings (SSSR count). The number of rotatable bonds is 16. The zero-order valence-electron chi connectivity index (χ0n) is 31.5. The van der Waals surface area contributed by atoms with Crippen LogP contribution in [0.15, 0.2) is 143 Å². The van der Waals surface area contributed by atoms with E-state index in [4.69, 9.17) is 14.0 Å². The van der Waals surface area contributed by atoms with Crippen molar-refractivity contribution >= 4 is 31.9 Å². The summed E-state index contributed by atoms with van der Waals surface area (Å²) in [7, 11) is 3.43. The van der Waals surface area contributed by atoms with Crippen molar-refractivity contribution in [1.82, 2.24) is 4.90 Å². The molecule has 3 atom stereocenters. The minimum atomic E-state index is -1.30. The molecule has 1 heterocycles. The second-order valence-corrected chi connectivity index (χ2v) is 16.2. The van der Waals surface area contributed by atoms with Crippen LogP contribution in [-0.2, 0) is 25.8 Å². The van der Waals surface area contributed by atoms with E-state index < -0.39 is 17.2 Å². The van der Waals surface area contributed by atoms with E-state index in [0.717, 1.165) is 33.6 Å². The Morgan fingerprint density at radius 3 is 1.72 bits per heavy atom. The molecule has 1 N–H and O–H groups in total. The van der Waals surface area contributed by atoms with Gasteiger partial charge in [0.1, 0.15) is 6.04 Å². The van der Waals surface area contributed by atoms with Gasteiger partial charge in [0.15, 0.2) is 5.79 Å². The van der Waals surface area contributed by atoms with Gasteiger partial charge < -0.3 is 19.3 Å². The highest BCUT2D eigenvalue weighted by Gasteiger charge is 2.60. The predicted octanol–water partition coefficient (Wildman–Crippen LogP) is 10.5. The van der Waals surface area contributed by atoms with E-state index in [2.05, 4.69) is 159 Å². The van der Waals surface area contributed by atoms with Crippen molar-refractivity contribution < 1.29 is 14.0 Å². The van der Waals surface area contributed by atoms with E-state index in [1.54, 1.807) is 26.0 Å². The van der Waals surface area contributed by atoms with Crippen LogP contribution in [0.4, 0.5) is 11.4 Å². The molecule has 0 fully saturated rings.